The van der Waals surface area contributed by atoms with Crippen molar-refractivity contribution in [1.82, 2.24) is 10.1 Å². The zero-order valence-corrected chi connectivity index (χ0v) is 10.00. The Kier molecular flexibility index (Phi) is 2.83. The second-order valence-corrected chi connectivity index (χ2v) is 4.02. The van der Waals surface area contributed by atoms with Gasteiger partial charge in [-0.05, 0) is 12.1 Å². The van der Waals surface area contributed by atoms with Gasteiger partial charge in [-0.25, -0.2) is 4.98 Å². The zero-order valence-electron chi connectivity index (χ0n) is 10.00. The molecule has 1 aromatic carbocycles. The topological polar surface area (TPSA) is 74.7 Å². The maximum atomic E-state index is 9.17. The molecule has 3 aromatic rings. The van der Waals surface area contributed by atoms with Crippen LogP contribution < -0.4 is 5.32 Å². The third-order valence-electron chi connectivity index (χ3n) is 2.77. The average molecular weight is 250 g/mol. The van der Waals surface area contributed by atoms with Crippen molar-refractivity contribution >= 4 is 16.7 Å². The molecule has 3 rings (SSSR count). The second kappa shape index (κ2) is 4.78. The van der Waals surface area contributed by atoms with E-state index < -0.39 is 0 Å². The largest absolute Gasteiger partial charge is 0.362 e. The lowest BCUT2D eigenvalue weighted by molar-refractivity contribution is 0.388. The molecule has 5 nitrogen and oxygen atoms in total. The van der Waals surface area contributed by atoms with Gasteiger partial charge in [0.05, 0.1) is 23.8 Å². The molecular weight excluding hydrogens is 240 g/mol. The van der Waals surface area contributed by atoms with E-state index in [1.165, 1.54) is 0 Å². The fourth-order valence-electron chi connectivity index (χ4n) is 1.84. The van der Waals surface area contributed by atoms with Crippen molar-refractivity contribution in [3.63, 3.8) is 0 Å². The molecular formula is C14H10N4O. The number of nitriles is 1. The normalized spacial score (nSPS) is 10.3. The van der Waals surface area contributed by atoms with Crippen molar-refractivity contribution in [2.45, 2.75) is 6.54 Å². The van der Waals surface area contributed by atoms with E-state index in [4.69, 9.17) is 9.78 Å². The minimum absolute atomic E-state index is 0.444. The third kappa shape index (κ3) is 2.24. The van der Waals surface area contributed by atoms with E-state index in [1.54, 1.807) is 12.3 Å². The average Bonchev–Trinajstić information content (AvgIpc) is 2.97. The Labute approximate surface area is 109 Å². The lowest BCUT2D eigenvalue weighted by atomic mass is 10.1. The fraction of sp³-hybridized carbons (Fsp3) is 0.0714. The minimum Gasteiger partial charge on any atom is -0.362 e. The summed E-state index contributed by atoms with van der Waals surface area (Å²) in [5.41, 5.74) is 1.36. The number of rotatable bonds is 3. The number of hydrogen-bond donors (Lipinski definition) is 1. The van der Waals surface area contributed by atoms with Gasteiger partial charge in [-0.1, -0.05) is 23.4 Å². The molecule has 2 aromatic heterocycles. The molecule has 0 saturated heterocycles. The van der Waals surface area contributed by atoms with Gasteiger partial charge in [0, 0.05) is 11.5 Å². The molecule has 0 saturated carbocycles. The number of nitrogens with zero attached hydrogens (tertiary/aromatic N) is 3. The fourth-order valence-corrected chi connectivity index (χ4v) is 1.84. The molecule has 0 radical (unpaired) electrons. The van der Waals surface area contributed by atoms with Crippen molar-refractivity contribution in [3.8, 4) is 6.07 Å². The van der Waals surface area contributed by atoms with Crippen LogP contribution in [0.4, 0.5) is 5.82 Å². The van der Waals surface area contributed by atoms with Gasteiger partial charge >= 0.3 is 0 Å². The highest BCUT2D eigenvalue weighted by atomic mass is 16.5. The molecule has 0 amide bonds. The number of pyridine rings is 1. The molecule has 19 heavy (non-hydrogen) atoms. The van der Waals surface area contributed by atoms with Crippen molar-refractivity contribution in [2.75, 3.05) is 5.32 Å². The van der Waals surface area contributed by atoms with E-state index in [-0.39, 0.29) is 0 Å². The lowest BCUT2D eigenvalue weighted by Crippen LogP contribution is -2.03. The summed E-state index contributed by atoms with van der Waals surface area (Å²) in [6.07, 6.45) is 1.58. The van der Waals surface area contributed by atoms with Crippen LogP contribution in [0.3, 0.4) is 0 Å². The SMILES string of the molecule is N#Cc1cc2ccccc2nc1NCc1ccno1. The maximum Gasteiger partial charge on any atom is 0.155 e. The quantitative estimate of drug-likeness (QED) is 0.773. The highest BCUT2D eigenvalue weighted by molar-refractivity contribution is 5.82. The summed E-state index contributed by atoms with van der Waals surface area (Å²) in [5, 5.41) is 16.8. The summed E-state index contributed by atoms with van der Waals surface area (Å²) in [6, 6.07) is 13.4. The number of aromatic nitrogens is 2. The van der Waals surface area contributed by atoms with Crippen LogP contribution in [0.2, 0.25) is 0 Å². The van der Waals surface area contributed by atoms with Gasteiger partial charge in [-0.2, -0.15) is 5.26 Å². The maximum absolute atomic E-state index is 9.17. The van der Waals surface area contributed by atoms with Crippen LogP contribution in [-0.4, -0.2) is 10.1 Å². The summed E-state index contributed by atoms with van der Waals surface area (Å²) in [4.78, 5) is 4.45. The molecule has 1 N–H and O–H groups in total. The number of hydrogen-bond acceptors (Lipinski definition) is 5. The van der Waals surface area contributed by atoms with Crippen molar-refractivity contribution < 1.29 is 4.52 Å². The van der Waals surface area contributed by atoms with Gasteiger partial charge < -0.3 is 9.84 Å². The zero-order chi connectivity index (χ0) is 13.1. The van der Waals surface area contributed by atoms with Crippen LogP contribution in [-0.2, 0) is 6.54 Å². The number of fused-ring (bicyclic) bond motifs is 1. The van der Waals surface area contributed by atoms with E-state index in [0.29, 0.717) is 23.7 Å². The first kappa shape index (κ1) is 11.2. The summed E-state index contributed by atoms with van der Waals surface area (Å²) in [6.45, 7) is 0.444. The van der Waals surface area contributed by atoms with Gasteiger partial charge in [-0.3, -0.25) is 0 Å². The molecule has 2 heterocycles. The van der Waals surface area contributed by atoms with Gasteiger partial charge in [-0.15, -0.1) is 0 Å². The Morgan fingerprint density at radius 2 is 2.16 bits per heavy atom. The summed E-state index contributed by atoms with van der Waals surface area (Å²) >= 11 is 0. The van der Waals surface area contributed by atoms with Crippen LogP contribution in [0.1, 0.15) is 11.3 Å². The van der Waals surface area contributed by atoms with Crippen LogP contribution in [0, 0.1) is 11.3 Å². The molecule has 0 spiro atoms. The molecule has 5 heteroatoms. The summed E-state index contributed by atoms with van der Waals surface area (Å²) < 4.78 is 4.99. The first-order valence-corrected chi connectivity index (χ1v) is 5.80. The van der Waals surface area contributed by atoms with Crippen molar-refractivity contribution in [1.29, 1.82) is 5.26 Å². The number of nitrogens with one attached hydrogen (secondary N) is 1. The van der Waals surface area contributed by atoms with Crippen LogP contribution in [0.25, 0.3) is 10.9 Å². The van der Waals surface area contributed by atoms with Crippen LogP contribution in [0.5, 0.6) is 0 Å². The Morgan fingerprint density at radius 1 is 1.26 bits per heavy atom. The Balaban J connectivity index is 1.95. The van der Waals surface area contributed by atoms with Crippen molar-refractivity contribution in [3.05, 3.63) is 53.9 Å². The Bertz CT molecular complexity index is 744. The predicted molar refractivity (Wildman–Crippen MR) is 70.3 cm³/mol. The minimum atomic E-state index is 0.444. The standard InChI is InChI=1S/C14H10N4O/c15-8-11-7-10-3-1-2-4-13(10)18-14(11)16-9-12-5-6-17-19-12/h1-7H,9H2,(H,16,18). The third-order valence-corrected chi connectivity index (χ3v) is 2.77. The van der Waals surface area contributed by atoms with Gasteiger partial charge in [0.15, 0.2) is 5.76 Å². The second-order valence-electron chi connectivity index (χ2n) is 4.02. The lowest BCUT2D eigenvalue weighted by Gasteiger charge is -2.07. The molecule has 0 aliphatic heterocycles. The summed E-state index contributed by atoms with van der Waals surface area (Å²) in [7, 11) is 0. The molecule has 0 bridgehead atoms. The molecule has 0 fully saturated rings. The molecule has 92 valence electrons. The first-order chi connectivity index (χ1) is 9.36. The summed E-state index contributed by atoms with van der Waals surface area (Å²) in [5.74, 6) is 1.25. The smallest absolute Gasteiger partial charge is 0.155 e. The van der Waals surface area contributed by atoms with Crippen LogP contribution >= 0.6 is 0 Å². The van der Waals surface area contributed by atoms with E-state index >= 15 is 0 Å². The number of para-hydroxylation sites is 1. The van der Waals surface area contributed by atoms with E-state index in [1.807, 2.05) is 30.3 Å². The molecule has 0 aliphatic carbocycles. The first-order valence-electron chi connectivity index (χ1n) is 5.80. The van der Waals surface area contributed by atoms with Crippen LogP contribution in [0.15, 0.2) is 47.1 Å². The number of benzene rings is 1. The molecule has 0 unspecified atom stereocenters. The highest BCUT2D eigenvalue weighted by Crippen LogP contribution is 2.20. The van der Waals surface area contributed by atoms with E-state index in [9.17, 15) is 0 Å². The molecule has 0 aliphatic rings. The van der Waals surface area contributed by atoms with Gasteiger partial charge in [0.2, 0.25) is 0 Å². The Hall–Kier alpha value is -2.87. The Morgan fingerprint density at radius 3 is 2.95 bits per heavy atom. The number of anilines is 1. The van der Waals surface area contributed by atoms with E-state index in [2.05, 4.69) is 21.5 Å². The van der Waals surface area contributed by atoms with Gasteiger partial charge in [0.25, 0.3) is 0 Å². The highest BCUT2D eigenvalue weighted by Gasteiger charge is 2.07. The molecule has 0 atom stereocenters. The van der Waals surface area contributed by atoms with Gasteiger partial charge in [0.1, 0.15) is 11.9 Å². The van der Waals surface area contributed by atoms with Crippen molar-refractivity contribution in [2.24, 2.45) is 0 Å². The predicted octanol–water partition coefficient (Wildman–Crippen LogP) is 2.71. The monoisotopic (exact) mass is 250 g/mol. The van der Waals surface area contributed by atoms with E-state index in [0.717, 1.165) is 10.9 Å².